The Kier molecular flexibility index (Phi) is 16.0. The molecule has 2 heterocycles. The van der Waals surface area contributed by atoms with E-state index in [1.54, 1.807) is 4.90 Å². The van der Waals surface area contributed by atoms with Crippen LogP contribution >= 0.6 is 23.0 Å². The van der Waals surface area contributed by atoms with Crippen molar-refractivity contribution in [2.75, 3.05) is 32.9 Å². The Hall–Kier alpha value is -1.14. The molecule has 226 valence electrons. The van der Waals surface area contributed by atoms with Gasteiger partial charge in [0.25, 0.3) is 0 Å². The molecule has 0 aromatic heterocycles. The molecule has 2 rings (SSSR count). The van der Waals surface area contributed by atoms with Gasteiger partial charge in [-0.15, -0.1) is 0 Å². The summed E-state index contributed by atoms with van der Waals surface area (Å²) >= 11 is 1.83. The van der Waals surface area contributed by atoms with Crippen LogP contribution in [0.1, 0.15) is 64.7 Å². The lowest BCUT2D eigenvalue weighted by molar-refractivity contribution is -0.270. The quantitative estimate of drug-likeness (QED) is 0.0870. The number of aliphatic hydroxyl groups excluding tert-OH is 4. The minimum absolute atomic E-state index is 0.0284. The summed E-state index contributed by atoms with van der Waals surface area (Å²) in [6.45, 7) is 2.03. The second-order valence-corrected chi connectivity index (χ2v) is 10.6. The Morgan fingerprint density at radius 2 is 1.72 bits per heavy atom. The van der Waals surface area contributed by atoms with Crippen molar-refractivity contribution in [2.45, 2.75) is 108 Å². The summed E-state index contributed by atoms with van der Waals surface area (Å²) in [6, 6.07) is -1.14. The van der Waals surface area contributed by atoms with Gasteiger partial charge in [-0.3, -0.25) is 14.4 Å². The zero-order valence-corrected chi connectivity index (χ0v) is 24.7. The first-order valence-corrected chi connectivity index (χ1v) is 14.5. The molecule has 13 nitrogen and oxygen atoms in total. The van der Waals surface area contributed by atoms with Crippen molar-refractivity contribution in [2.24, 2.45) is 0 Å². The minimum Gasteiger partial charge on any atom is -0.394 e. The fourth-order valence-corrected chi connectivity index (χ4v) is 5.20. The fraction of sp³-hybridized carbons (Fsp3) is 0.880. The lowest BCUT2D eigenvalue weighted by Gasteiger charge is -2.42. The highest BCUT2D eigenvalue weighted by Crippen LogP contribution is 2.24. The van der Waals surface area contributed by atoms with Crippen LogP contribution in [0.15, 0.2) is 0 Å². The minimum atomic E-state index is -1.36. The van der Waals surface area contributed by atoms with Crippen LogP contribution in [0.25, 0.3) is 0 Å². The molecule has 0 aromatic rings. The van der Waals surface area contributed by atoms with Crippen molar-refractivity contribution < 1.29 is 47.3 Å². The van der Waals surface area contributed by atoms with Crippen molar-refractivity contribution in [3.8, 4) is 0 Å². The number of hydrogen-bond donors (Lipinski definition) is 6. The third-order valence-electron chi connectivity index (χ3n) is 7.00. The second-order valence-electron chi connectivity index (χ2n) is 10.1. The van der Waals surface area contributed by atoms with Gasteiger partial charge in [0, 0.05) is 39.5 Å². The largest absolute Gasteiger partial charge is 0.394 e. The van der Waals surface area contributed by atoms with E-state index in [4.69, 9.17) is 12.5 Å². The topological polar surface area (TPSA) is 187 Å². The zero-order valence-electron chi connectivity index (χ0n) is 22.5. The van der Waals surface area contributed by atoms with Gasteiger partial charge in [0.05, 0.1) is 25.4 Å². The molecule has 14 heteroatoms. The van der Waals surface area contributed by atoms with Gasteiger partial charge in [-0.05, 0) is 32.1 Å². The molecule has 6 N–H and O–H groups in total. The number of unbranched alkanes of at least 4 members (excludes halogenated alkanes) is 4. The van der Waals surface area contributed by atoms with Gasteiger partial charge in [0.1, 0.15) is 47.4 Å². The van der Waals surface area contributed by atoms with Crippen LogP contribution in [0.5, 0.6) is 0 Å². The number of aliphatic hydroxyl groups is 4. The number of nitrogens with zero attached hydrogens (tertiary/aromatic N) is 1. The number of hydrogen-bond acceptors (Lipinski definition) is 10. The van der Waals surface area contributed by atoms with E-state index in [-0.39, 0.29) is 37.2 Å². The van der Waals surface area contributed by atoms with Crippen LogP contribution in [0.2, 0.25) is 0 Å². The van der Waals surface area contributed by atoms with E-state index in [9.17, 15) is 34.8 Å². The van der Waals surface area contributed by atoms with E-state index >= 15 is 0 Å². The average molecular weight is 674 g/mol. The smallest absolute Gasteiger partial charge is 0.222 e. The van der Waals surface area contributed by atoms with Crippen LogP contribution < -0.4 is 10.6 Å². The first-order valence-electron chi connectivity index (χ1n) is 13.7. The Bertz CT molecular complexity index is 764. The number of nitrogens with one attached hydrogen (secondary N) is 2. The molecule has 0 radical (unpaired) electrons. The van der Waals surface area contributed by atoms with E-state index in [1.165, 1.54) is 6.92 Å². The molecule has 0 saturated carbocycles. The SMILES string of the molecule is CC(=O)NC1C(OCCCCCC(=O)NCCCCCC(=O)N2C[C@H](OI)C[C@H]2CO)OC(CO)C(O)C1O. The summed E-state index contributed by atoms with van der Waals surface area (Å²) < 4.78 is 16.5. The number of carbonyl (C=O) groups is 3. The highest BCUT2D eigenvalue weighted by atomic mass is 127. The summed E-state index contributed by atoms with van der Waals surface area (Å²) in [5, 5.41) is 44.5. The lowest BCUT2D eigenvalue weighted by atomic mass is 9.97. The Balaban J connectivity index is 1.52. The first kappa shape index (κ1) is 34.1. The Morgan fingerprint density at radius 1 is 1.00 bits per heavy atom. The summed E-state index contributed by atoms with van der Waals surface area (Å²) in [6.07, 6.45) is 0.989. The van der Waals surface area contributed by atoms with Crippen LogP contribution in [-0.2, 0) is 26.9 Å². The molecule has 0 aliphatic carbocycles. The standard InChI is InChI=1S/C25H44IN3O10/c1-16(32)28-22-24(36)23(35)19(15-31)38-25(22)37-11-7-3-4-8-20(33)27-10-6-2-5-9-21(34)29-13-18(39-26)12-17(29)14-30/h17-19,22-25,30-31,35-36H,2-15H2,1H3,(H,27,33)(H,28,32)/t17-,18+,19?,22?,23?,24?,25?/m0/s1. The van der Waals surface area contributed by atoms with Gasteiger partial charge in [-0.2, -0.15) is 0 Å². The van der Waals surface area contributed by atoms with Gasteiger partial charge in [-0.1, -0.05) is 12.8 Å². The van der Waals surface area contributed by atoms with Crippen molar-refractivity contribution in [3.05, 3.63) is 0 Å². The lowest BCUT2D eigenvalue weighted by Crippen LogP contribution is -2.64. The zero-order chi connectivity index (χ0) is 28.8. The number of rotatable bonds is 17. The molecule has 39 heavy (non-hydrogen) atoms. The maximum absolute atomic E-state index is 12.4. The van der Waals surface area contributed by atoms with E-state index in [0.29, 0.717) is 45.2 Å². The third-order valence-corrected chi connectivity index (χ3v) is 7.72. The van der Waals surface area contributed by atoms with E-state index in [1.807, 2.05) is 23.0 Å². The second kappa shape index (κ2) is 18.3. The Labute approximate surface area is 243 Å². The third kappa shape index (κ3) is 11.3. The number of likely N-dealkylation sites (tertiary alicyclic amines) is 1. The van der Waals surface area contributed by atoms with Gasteiger partial charge >= 0.3 is 0 Å². The molecule has 2 aliphatic rings. The average Bonchev–Trinajstić information content (AvgIpc) is 3.35. The molecule has 0 spiro atoms. The summed E-state index contributed by atoms with van der Waals surface area (Å²) in [5.41, 5.74) is 0. The molecule has 2 fully saturated rings. The van der Waals surface area contributed by atoms with E-state index in [0.717, 1.165) is 25.7 Å². The van der Waals surface area contributed by atoms with Crippen LogP contribution in [0.4, 0.5) is 0 Å². The molecular formula is C25H44IN3O10. The Morgan fingerprint density at radius 3 is 2.38 bits per heavy atom. The maximum atomic E-state index is 12.4. The first-order chi connectivity index (χ1) is 18.7. The van der Waals surface area contributed by atoms with E-state index in [2.05, 4.69) is 10.6 Å². The van der Waals surface area contributed by atoms with Crippen molar-refractivity contribution in [1.82, 2.24) is 15.5 Å². The van der Waals surface area contributed by atoms with Gasteiger partial charge in [0.15, 0.2) is 6.29 Å². The number of carbonyl (C=O) groups excluding carboxylic acids is 3. The van der Waals surface area contributed by atoms with Crippen molar-refractivity contribution in [1.29, 1.82) is 0 Å². The van der Waals surface area contributed by atoms with Crippen LogP contribution in [0.3, 0.4) is 0 Å². The maximum Gasteiger partial charge on any atom is 0.222 e. The van der Waals surface area contributed by atoms with E-state index < -0.39 is 43.2 Å². The number of halogens is 1. The van der Waals surface area contributed by atoms with Crippen LogP contribution in [0, 0.1) is 0 Å². The predicted molar refractivity (Wildman–Crippen MR) is 147 cm³/mol. The molecule has 5 unspecified atom stereocenters. The van der Waals surface area contributed by atoms with Crippen LogP contribution in [-0.4, -0.2) is 119 Å². The van der Waals surface area contributed by atoms with Gasteiger partial charge in [-0.25, -0.2) is 0 Å². The normalized spacial score (nSPS) is 28.9. The fourth-order valence-electron chi connectivity index (χ4n) is 4.83. The highest BCUT2D eigenvalue weighted by Gasteiger charge is 2.45. The molecular weight excluding hydrogens is 629 g/mol. The summed E-state index contributed by atoms with van der Waals surface area (Å²) in [5.74, 6) is -0.423. The van der Waals surface area contributed by atoms with Crippen molar-refractivity contribution in [3.63, 3.8) is 0 Å². The summed E-state index contributed by atoms with van der Waals surface area (Å²) in [7, 11) is 0. The molecule has 7 atom stereocenters. The van der Waals surface area contributed by atoms with Gasteiger partial charge < -0.3 is 48.5 Å². The molecule has 2 saturated heterocycles. The highest BCUT2D eigenvalue weighted by molar-refractivity contribution is 14.1. The number of ether oxygens (including phenoxy) is 2. The molecule has 2 aliphatic heterocycles. The number of amides is 3. The molecule has 0 bridgehead atoms. The van der Waals surface area contributed by atoms with Gasteiger partial charge in [0.2, 0.25) is 17.7 Å². The monoisotopic (exact) mass is 673 g/mol. The molecule has 3 amide bonds. The predicted octanol–water partition coefficient (Wildman–Crippen LogP) is -0.488. The van der Waals surface area contributed by atoms with Crippen molar-refractivity contribution >= 4 is 40.7 Å². The molecule has 0 aromatic carbocycles. The summed E-state index contributed by atoms with van der Waals surface area (Å²) in [4.78, 5) is 37.7.